The minimum absolute atomic E-state index is 0.0577. The monoisotopic (exact) mass is 281 g/mol. The fourth-order valence-electron chi connectivity index (χ4n) is 3.28. The maximum atomic E-state index is 10.7. The highest BCUT2D eigenvalue weighted by Crippen LogP contribution is 2.36. The van der Waals surface area contributed by atoms with Crippen LogP contribution in [0.2, 0.25) is 5.02 Å². The molecule has 19 heavy (non-hydrogen) atoms. The second-order valence-corrected chi connectivity index (χ2v) is 6.34. The van der Waals surface area contributed by atoms with E-state index in [1.165, 1.54) is 19.3 Å². The maximum absolute atomic E-state index is 10.7. The largest absolute Gasteiger partial charge is 0.391 e. The molecule has 0 heterocycles. The highest BCUT2D eigenvalue weighted by Gasteiger charge is 2.40. The van der Waals surface area contributed by atoms with Gasteiger partial charge in [-0.15, -0.1) is 0 Å². The predicted molar refractivity (Wildman–Crippen MR) is 80.7 cm³/mol. The maximum Gasteiger partial charge on any atom is 0.0763 e. The van der Waals surface area contributed by atoms with Crippen molar-refractivity contribution in [2.45, 2.75) is 50.2 Å². The Hall–Kier alpha value is -0.570. The Labute approximate surface area is 121 Å². The lowest BCUT2D eigenvalue weighted by molar-refractivity contribution is -0.0310. The predicted octanol–water partition coefficient (Wildman–Crippen LogP) is 3.51. The summed E-state index contributed by atoms with van der Waals surface area (Å²) in [7, 11) is 4.19. The highest BCUT2D eigenvalue weighted by atomic mass is 35.5. The van der Waals surface area contributed by atoms with E-state index in [2.05, 4.69) is 19.0 Å². The molecule has 3 heteroatoms. The molecule has 0 aliphatic heterocycles. The molecule has 106 valence electrons. The third-order valence-electron chi connectivity index (χ3n) is 4.57. The molecule has 2 nitrogen and oxygen atoms in total. The fourth-order valence-corrected chi connectivity index (χ4v) is 3.40. The van der Waals surface area contributed by atoms with Crippen molar-refractivity contribution in [2.24, 2.45) is 0 Å². The molecule has 1 aromatic rings. The number of halogens is 1. The molecular weight excluding hydrogens is 258 g/mol. The van der Waals surface area contributed by atoms with E-state index in [0.29, 0.717) is 6.42 Å². The fraction of sp³-hybridized carbons (Fsp3) is 0.625. The number of benzene rings is 1. The highest BCUT2D eigenvalue weighted by molar-refractivity contribution is 6.30. The van der Waals surface area contributed by atoms with Gasteiger partial charge in [0.2, 0.25) is 0 Å². The summed E-state index contributed by atoms with van der Waals surface area (Å²) in [6.07, 6.45) is 6.30. The van der Waals surface area contributed by atoms with E-state index in [9.17, 15) is 5.11 Å². The summed E-state index contributed by atoms with van der Waals surface area (Å²) in [5, 5.41) is 11.5. The molecule has 1 unspecified atom stereocenters. The van der Waals surface area contributed by atoms with Gasteiger partial charge in [0.25, 0.3) is 0 Å². The van der Waals surface area contributed by atoms with Crippen molar-refractivity contribution in [3.63, 3.8) is 0 Å². The van der Waals surface area contributed by atoms with E-state index in [0.717, 1.165) is 23.4 Å². The Morgan fingerprint density at radius 1 is 1.16 bits per heavy atom. The summed E-state index contributed by atoms with van der Waals surface area (Å²) in [5.41, 5.74) is 1.10. The molecular formula is C16H24ClNO. The first-order chi connectivity index (χ1) is 9.04. The van der Waals surface area contributed by atoms with Crippen molar-refractivity contribution >= 4 is 11.6 Å². The average molecular weight is 282 g/mol. The van der Waals surface area contributed by atoms with Crippen molar-refractivity contribution in [1.82, 2.24) is 4.90 Å². The van der Waals surface area contributed by atoms with E-state index in [1.807, 2.05) is 24.3 Å². The van der Waals surface area contributed by atoms with Gasteiger partial charge in [-0.05, 0) is 44.6 Å². The zero-order chi connectivity index (χ0) is 13.9. The van der Waals surface area contributed by atoms with Crippen LogP contribution in [0.5, 0.6) is 0 Å². The van der Waals surface area contributed by atoms with Crippen LogP contribution in [-0.2, 0) is 6.42 Å². The Morgan fingerprint density at radius 2 is 1.74 bits per heavy atom. The molecule has 0 spiro atoms. The van der Waals surface area contributed by atoms with Gasteiger partial charge in [0.1, 0.15) is 0 Å². The van der Waals surface area contributed by atoms with E-state index >= 15 is 0 Å². The second kappa shape index (κ2) is 6.25. The molecule has 0 bridgehead atoms. The molecule has 1 atom stereocenters. The summed E-state index contributed by atoms with van der Waals surface area (Å²) in [6.45, 7) is 0. The van der Waals surface area contributed by atoms with Gasteiger partial charge in [-0.25, -0.2) is 0 Å². The Balaban J connectivity index is 2.11. The second-order valence-electron chi connectivity index (χ2n) is 5.91. The van der Waals surface area contributed by atoms with Gasteiger partial charge in [-0.1, -0.05) is 43.0 Å². The molecule has 2 rings (SSSR count). The molecule has 1 saturated carbocycles. The number of hydrogen-bond donors (Lipinski definition) is 1. The third kappa shape index (κ3) is 3.31. The van der Waals surface area contributed by atoms with E-state index in [1.54, 1.807) is 0 Å². The molecule has 1 aliphatic carbocycles. The van der Waals surface area contributed by atoms with E-state index in [4.69, 9.17) is 11.6 Å². The lowest BCUT2D eigenvalue weighted by Gasteiger charge is -2.46. The topological polar surface area (TPSA) is 23.5 Å². The van der Waals surface area contributed by atoms with Crippen LogP contribution in [0.25, 0.3) is 0 Å². The van der Waals surface area contributed by atoms with Crippen molar-refractivity contribution in [3.05, 3.63) is 34.9 Å². The van der Waals surface area contributed by atoms with Gasteiger partial charge in [-0.3, -0.25) is 0 Å². The van der Waals surface area contributed by atoms with Crippen molar-refractivity contribution in [3.8, 4) is 0 Å². The zero-order valence-corrected chi connectivity index (χ0v) is 12.7. The van der Waals surface area contributed by atoms with Crippen LogP contribution in [0.3, 0.4) is 0 Å². The quantitative estimate of drug-likeness (QED) is 0.913. The van der Waals surface area contributed by atoms with Crippen LogP contribution in [0.4, 0.5) is 0 Å². The van der Waals surface area contributed by atoms with Crippen LogP contribution in [-0.4, -0.2) is 35.7 Å². The number of nitrogens with zero attached hydrogens (tertiary/aromatic N) is 1. The molecule has 1 aromatic carbocycles. The Kier molecular flexibility index (Phi) is 4.88. The average Bonchev–Trinajstić information content (AvgIpc) is 2.42. The molecule has 0 radical (unpaired) electrons. The van der Waals surface area contributed by atoms with Crippen LogP contribution < -0.4 is 0 Å². The van der Waals surface area contributed by atoms with Gasteiger partial charge in [0.05, 0.1) is 6.10 Å². The van der Waals surface area contributed by atoms with Crippen molar-refractivity contribution < 1.29 is 5.11 Å². The van der Waals surface area contributed by atoms with Crippen LogP contribution in [0.1, 0.15) is 37.7 Å². The summed E-state index contributed by atoms with van der Waals surface area (Å²) >= 11 is 5.90. The molecule has 0 aromatic heterocycles. The van der Waals surface area contributed by atoms with Gasteiger partial charge in [0.15, 0.2) is 0 Å². The number of hydrogen-bond acceptors (Lipinski definition) is 2. The smallest absolute Gasteiger partial charge is 0.0763 e. The third-order valence-corrected chi connectivity index (χ3v) is 4.82. The lowest BCUT2D eigenvalue weighted by atomic mass is 9.75. The SMILES string of the molecule is CN(C)C1(C(O)Cc2ccc(Cl)cc2)CCCCC1. The van der Waals surface area contributed by atoms with Gasteiger partial charge in [0, 0.05) is 17.0 Å². The van der Waals surface area contributed by atoms with Gasteiger partial charge in [-0.2, -0.15) is 0 Å². The van der Waals surface area contributed by atoms with E-state index < -0.39 is 0 Å². The van der Waals surface area contributed by atoms with Crippen LogP contribution >= 0.6 is 11.6 Å². The summed E-state index contributed by atoms with van der Waals surface area (Å²) in [5.74, 6) is 0. The summed E-state index contributed by atoms with van der Waals surface area (Å²) in [4.78, 5) is 2.23. The number of likely N-dealkylation sites (N-methyl/N-ethyl adjacent to an activating group) is 1. The zero-order valence-electron chi connectivity index (χ0n) is 11.9. The minimum Gasteiger partial charge on any atom is -0.391 e. The van der Waals surface area contributed by atoms with Crippen molar-refractivity contribution in [1.29, 1.82) is 0 Å². The Morgan fingerprint density at radius 3 is 2.26 bits per heavy atom. The van der Waals surface area contributed by atoms with Gasteiger partial charge >= 0.3 is 0 Å². The molecule has 1 fully saturated rings. The standard InChI is InChI=1S/C16H24ClNO/c1-18(2)16(10-4-3-5-11-16)15(19)12-13-6-8-14(17)9-7-13/h6-9,15,19H,3-5,10-12H2,1-2H3. The van der Waals surface area contributed by atoms with E-state index in [-0.39, 0.29) is 11.6 Å². The number of rotatable bonds is 4. The molecule has 1 aliphatic rings. The minimum atomic E-state index is -0.316. The Bertz CT molecular complexity index is 396. The van der Waals surface area contributed by atoms with Crippen LogP contribution in [0.15, 0.2) is 24.3 Å². The van der Waals surface area contributed by atoms with Crippen LogP contribution in [0, 0.1) is 0 Å². The summed E-state index contributed by atoms with van der Waals surface area (Å²) in [6, 6.07) is 7.81. The van der Waals surface area contributed by atoms with Gasteiger partial charge < -0.3 is 10.0 Å². The number of aliphatic hydroxyl groups is 1. The first-order valence-corrected chi connectivity index (χ1v) is 7.52. The van der Waals surface area contributed by atoms with Crippen molar-refractivity contribution in [2.75, 3.05) is 14.1 Å². The first kappa shape index (κ1) is 14.8. The molecule has 0 saturated heterocycles. The normalized spacial score (nSPS) is 20.5. The molecule has 1 N–H and O–H groups in total. The number of aliphatic hydroxyl groups excluding tert-OH is 1. The summed E-state index contributed by atoms with van der Waals surface area (Å²) < 4.78 is 0. The first-order valence-electron chi connectivity index (χ1n) is 7.14. The molecule has 0 amide bonds. The lowest BCUT2D eigenvalue weighted by Crippen LogP contribution is -2.55.